The van der Waals surface area contributed by atoms with E-state index in [0.29, 0.717) is 11.6 Å². The molecule has 1 unspecified atom stereocenters. The average molecular weight is 309 g/mol. The molecule has 1 aromatic carbocycles. The predicted molar refractivity (Wildman–Crippen MR) is 90.5 cm³/mol. The minimum atomic E-state index is -0.0777. The third kappa shape index (κ3) is 3.29. The lowest BCUT2D eigenvalue weighted by molar-refractivity contribution is 0.221. The van der Waals surface area contributed by atoms with Gasteiger partial charge in [-0.15, -0.1) is 0 Å². The van der Waals surface area contributed by atoms with E-state index in [-0.39, 0.29) is 6.10 Å². The molecule has 3 rings (SSSR count). The first-order valence-corrected chi connectivity index (χ1v) is 7.38. The molecule has 0 aliphatic carbocycles. The fourth-order valence-electron chi connectivity index (χ4n) is 2.42. The van der Waals surface area contributed by atoms with Gasteiger partial charge in [0.15, 0.2) is 0 Å². The molecular formula is C18H19N3O2. The van der Waals surface area contributed by atoms with Crippen LogP contribution in [0.15, 0.2) is 54.7 Å². The van der Waals surface area contributed by atoms with Gasteiger partial charge < -0.3 is 20.2 Å². The molecule has 0 fully saturated rings. The van der Waals surface area contributed by atoms with Gasteiger partial charge in [0.25, 0.3) is 0 Å². The topological polar surface area (TPSA) is 73.2 Å². The second kappa shape index (κ2) is 6.44. The summed E-state index contributed by atoms with van der Waals surface area (Å²) in [5.41, 5.74) is 8.42. The Hall–Kier alpha value is -2.95. The Labute approximate surface area is 135 Å². The zero-order valence-corrected chi connectivity index (χ0v) is 13.1. The quantitative estimate of drug-likeness (QED) is 0.751. The van der Waals surface area contributed by atoms with E-state index in [0.717, 1.165) is 22.7 Å². The Morgan fingerprint density at radius 2 is 2.00 bits per heavy atom. The lowest BCUT2D eigenvalue weighted by Gasteiger charge is -2.16. The summed E-state index contributed by atoms with van der Waals surface area (Å²) in [5.74, 6) is 1.90. The highest BCUT2D eigenvalue weighted by molar-refractivity contribution is 5.69. The van der Waals surface area contributed by atoms with Gasteiger partial charge >= 0.3 is 0 Å². The zero-order chi connectivity index (χ0) is 16.2. The maximum Gasteiger partial charge on any atom is 0.136 e. The summed E-state index contributed by atoms with van der Waals surface area (Å²) in [6.45, 7) is 1.99. The van der Waals surface area contributed by atoms with Gasteiger partial charge in [-0.2, -0.15) is 0 Å². The van der Waals surface area contributed by atoms with E-state index in [9.17, 15) is 0 Å². The SMILES string of the molecule is COc1cc(OC(C)c2ccc[nH]2)ccc1-c1cccc(N)n1. The highest BCUT2D eigenvalue weighted by Crippen LogP contribution is 2.34. The van der Waals surface area contributed by atoms with E-state index in [1.165, 1.54) is 0 Å². The van der Waals surface area contributed by atoms with E-state index in [4.69, 9.17) is 15.2 Å². The molecule has 23 heavy (non-hydrogen) atoms. The van der Waals surface area contributed by atoms with Crippen molar-refractivity contribution in [3.05, 3.63) is 60.4 Å². The van der Waals surface area contributed by atoms with Crippen LogP contribution in [0.4, 0.5) is 5.82 Å². The summed E-state index contributed by atoms with van der Waals surface area (Å²) >= 11 is 0. The monoisotopic (exact) mass is 309 g/mol. The molecule has 118 valence electrons. The number of pyridine rings is 1. The fourth-order valence-corrected chi connectivity index (χ4v) is 2.42. The Morgan fingerprint density at radius 1 is 1.13 bits per heavy atom. The minimum absolute atomic E-state index is 0.0777. The summed E-state index contributed by atoms with van der Waals surface area (Å²) in [7, 11) is 1.63. The average Bonchev–Trinajstić information content (AvgIpc) is 3.09. The van der Waals surface area contributed by atoms with Gasteiger partial charge in [0.1, 0.15) is 23.4 Å². The Kier molecular flexibility index (Phi) is 4.19. The molecule has 0 aliphatic rings. The molecule has 0 radical (unpaired) electrons. The van der Waals surface area contributed by atoms with E-state index in [2.05, 4.69) is 9.97 Å². The highest BCUT2D eigenvalue weighted by Gasteiger charge is 2.12. The second-order valence-electron chi connectivity index (χ2n) is 5.20. The van der Waals surface area contributed by atoms with Crippen LogP contribution in [-0.2, 0) is 0 Å². The van der Waals surface area contributed by atoms with E-state index >= 15 is 0 Å². The molecule has 0 saturated carbocycles. The summed E-state index contributed by atoms with van der Waals surface area (Å²) < 4.78 is 11.4. The van der Waals surface area contributed by atoms with Crippen molar-refractivity contribution in [2.45, 2.75) is 13.0 Å². The normalized spacial score (nSPS) is 11.9. The van der Waals surface area contributed by atoms with Crippen LogP contribution < -0.4 is 15.2 Å². The van der Waals surface area contributed by atoms with Crippen LogP contribution in [0.3, 0.4) is 0 Å². The van der Waals surface area contributed by atoms with Crippen LogP contribution in [0, 0.1) is 0 Å². The molecule has 0 amide bonds. The highest BCUT2D eigenvalue weighted by atomic mass is 16.5. The van der Waals surface area contributed by atoms with E-state index in [1.807, 2.05) is 55.6 Å². The minimum Gasteiger partial charge on any atom is -0.496 e. The molecule has 5 heteroatoms. The van der Waals surface area contributed by atoms with Crippen LogP contribution in [-0.4, -0.2) is 17.1 Å². The fraction of sp³-hybridized carbons (Fsp3) is 0.167. The molecule has 0 bridgehead atoms. The van der Waals surface area contributed by atoms with Gasteiger partial charge in [-0.05, 0) is 43.3 Å². The number of aromatic amines is 1. The van der Waals surface area contributed by atoms with Gasteiger partial charge in [-0.3, -0.25) is 0 Å². The molecular weight excluding hydrogens is 290 g/mol. The summed E-state index contributed by atoms with van der Waals surface area (Å²) in [6.07, 6.45) is 1.80. The van der Waals surface area contributed by atoms with Gasteiger partial charge in [-0.25, -0.2) is 4.98 Å². The number of aromatic nitrogens is 2. The van der Waals surface area contributed by atoms with E-state index < -0.39 is 0 Å². The lowest BCUT2D eigenvalue weighted by atomic mass is 10.1. The molecule has 0 saturated heterocycles. The van der Waals surface area contributed by atoms with Gasteiger partial charge in [0, 0.05) is 17.8 Å². The number of benzene rings is 1. The zero-order valence-electron chi connectivity index (χ0n) is 13.1. The maximum absolute atomic E-state index is 5.96. The molecule has 2 aromatic heterocycles. The van der Waals surface area contributed by atoms with Crippen molar-refractivity contribution >= 4 is 5.82 Å². The number of ether oxygens (including phenoxy) is 2. The first kappa shape index (κ1) is 15.0. The van der Waals surface area contributed by atoms with Crippen LogP contribution in [0.1, 0.15) is 18.7 Å². The number of rotatable bonds is 5. The molecule has 3 aromatic rings. The third-order valence-corrected chi connectivity index (χ3v) is 3.59. The van der Waals surface area contributed by atoms with Crippen LogP contribution in [0.25, 0.3) is 11.3 Å². The number of nitrogens with two attached hydrogens (primary N) is 1. The van der Waals surface area contributed by atoms with Crippen molar-refractivity contribution in [1.29, 1.82) is 0 Å². The van der Waals surface area contributed by atoms with Crippen molar-refractivity contribution in [3.8, 4) is 22.8 Å². The molecule has 5 nitrogen and oxygen atoms in total. The van der Waals surface area contributed by atoms with Crippen molar-refractivity contribution in [3.63, 3.8) is 0 Å². The lowest BCUT2D eigenvalue weighted by Crippen LogP contribution is -2.03. The number of nitrogen functional groups attached to an aromatic ring is 1. The van der Waals surface area contributed by atoms with Crippen molar-refractivity contribution in [2.24, 2.45) is 0 Å². The first-order chi connectivity index (χ1) is 11.2. The van der Waals surface area contributed by atoms with Crippen molar-refractivity contribution < 1.29 is 9.47 Å². The van der Waals surface area contributed by atoms with Crippen molar-refractivity contribution in [2.75, 3.05) is 12.8 Å². The largest absolute Gasteiger partial charge is 0.496 e. The standard InChI is InChI=1S/C18H19N3O2/c1-12(15-6-4-10-20-15)23-13-8-9-14(17(11-13)22-2)16-5-3-7-18(19)21-16/h3-12,20H,1-2H3,(H2,19,21). The van der Waals surface area contributed by atoms with Crippen LogP contribution in [0.5, 0.6) is 11.5 Å². The van der Waals surface area contributed by atoms with Gasteiger partial charge in [0.05, 0.1) is 18.5 Å². The van der Waals surface area contributed by atoms with Crippen LogP contribution in [0.2, 0.25) is 0 Å². The Morgan fingerprint density at radius 3 is 2.70 bits per heavy atom. The Balaban J connectivity index is 1.88. The predicted octanol–water partition coefficient (Wildman–Crippen LogP) is 3.81. The van der Waals surface area contributed by atoms with Gasteiger partial charge in [-0.1, -0.05) is 6.07 Å². The molecule has 2 heterocycles. The summed E-state index contributed by atoms with van der Waals surface area (Å²) in [4.78, 5) is 7.48. The van der Waals surface area contributed by atoms with Gasteiger partial charge in [0.2, 0.25) is 0 Å². The number of hydrogen-bond donors (Lipinski definition) is 2. The number of H-pyrrole nitrogens is 1. The molecule has 1 atom stereocenters. The maximum atomic E-state index is 5.96. The number of anilines is 1. The first-order valence-electron chi connectivity index (χ1n) is 7.38. The number of hydrogen-bond acceptors (Lipinski definition) is 4. The summed E-state index contributed by atoms with van der Waals surface area (Å²) in [5, 5.41) is 0. The van der Waals surface area contributed by atoms with Crippen LogP contribution >= 0.6 is 0 Å². The second-order valence-corrected chi connectivity index (χ2v) is 5.20. The molecule has 0 aliphatic heterocycles. The Bertz CT molecular complexity index is 785. The molecule has 0 spiro atoms. The smallest absolute Gasteiger partial charge is 0.136 e. The number of nitrogens with zero attached hydrogens (tertiary/aromatic N) is 1. The van der Waals surface area contributed by atoms with E-state index in [1.54, 1.807) is 13.2 Å². The number of methoxy groups -OCH3 is 1. The molecule has 3 N–H and O–H groups in total. The summed E-state index contributed by atoms with van der Waals surface area (Å²) in [6, 6.07) is 15.2. The number of nitrogens with one attached hydrogen (secondary N) is 1. The third-order valence-electron chi connectivity index (χ3n) is 3.59. The van der Waals surface area contributed by atoms with Crippen molar-refractivity contribution in [1.82, 2.24) is 9.97 Å².